The number of nitrogens with one attached hydrogen (secondary N) is 1. The van der Waals surface area contributed by atoms with Crippen LogP contribution in [-0.2, 0) is 0 Å². The highest BCUT2D eigenvalue weighted by Gasteiger charge is 2.02. The maximum absolute atomic E-state index is 3.54. The lowest BCUT2D eigenvalue weighted by Crippen LogP contribution is -1.99. The second kappa shape index (κ2) is 3.94. The minimum absolute atomic E-state index is 0.961. The van der Waals surface area contributed by atoms with Crippen LogP contribution in [0.4, 0.5) is 5.69 Å². The molecule has 1 nitrogen and oxygen atoms in total. The van der Waals surface area contributed by atoms with Gasteiger partial charge in [-0.3, -0.25) is 0 Å². The zero-order valence-corrected chi connectivity index (χ0v) is 9.33. The van der Waals surface area contributed by atoms with Crippen molar-refractivity contribution in [1.82, 2.24) is 0 Å². The van der Waals surface area contributed by atoms with Gasteiger partial charge in [0.25, 0.3) is 0 Å². The maximum Gasteiger partial charge on any atom is 0.0514 e. The third-order valence-corrected chi connectivity index (χ3v) is 2.41. The van der Waals surface area contributed by atoms with Crippen molar-refractivity contribution in [2.75, 3.05) is 11.9 Å². The average Bonchev–Trinajstić information content (AvgIpc) is 1.96. The molecule has 0 amide bonds. The molecule has 1 aromatic rings. The molecule has 0 heterocycles. The van der Waals surface area contributed by atoms with Gasteiger partial charge in [0.05, 0.1) is 5.69 Å². The number of anilines is 1. The van der Waals surface area contributed by atoms with Crippen molar-refractivity contribution in [3.63, 3.8) is 0 Å². The SMILES string of the molecule is CCNc1c(C)cc(C)cc1Br. The predicted molar refractivity (Wildman–Crippen MR) is 57.8 cm³/mol. The van der Waals surface area contributed by atoms with Gasteiger partial charge in [0.15, 0.2) is 0 Å². The van der Waals surface area contributed by atoms with Gasteiger partial charge in [0.2, 0.25) is 0 Å². The molecule has 66 valence electrons. The normalized spacial score (nSPS) is 10.0. The van der Waals surface area contributed by atoms with Gasteiger partial charge < -0.3 is 5.32 Å². The summed E-state index contributed by atoms with van der Waals surface area (Å²) in [6.07, 6.45) is 0. The van der Waals surface area contributed by atoms with Crippen molar-refractivity contribution >= 4 is 21.6 Å². The standard InChI is InChI=1S/C10H14BrN/c1-4-12-10-8(3)5-7(2)6-9(10)11/h5-6,12H,4H2,1-3H3. The Morgan fingerprint density at radius 1 is 1.33 bits per heavy atom. The summed E-state index contributed by atoms with van der Waals surface area (Å²) < 4.78 is 1.15. The summed E-state index contributed by atoms with van der Waals surface area (Å²) in [5, 5.41) is 3.32. The topological polar surface area (TPSA) is 12.0 Å². The number of benzene rings is 1. The van der Waals surface area contributed by atoms with Crippen LogP contribution in [0.5, 0.6) is 0 Å². The third-order valence-electron chi connectivity index (χ3n) is 1.79. The lowest BCUT2D eigenvalue weighted by Gasteiger charge is -2.10. The highest BCUT2D eigenvalue weighted by molar-refractivity contribution is 9.10. The van der Waals surface area contributed by atoms with Gasteiger partial charge in [-0.05, 0) is 53.9 Å². The Hall–Kier alpha value is -0.500. The van der Waals surface area contributed by atoms with E-state index in [-0.39, 0.29) is 0 Å². The molecular formula is C10H14BrN. The maximum atomic E-state index is 3.54. The summed E-state index contributed by atoms with van der Waals surface area (Å²) in [4.78, 5) is 0. The van der Waals surface area contributed by atoms with Crippen LogP contribution in [0.15, 0.2) is 16.6 Å². The molecule has 0 spiro atoms. The number of aryl methyl sites for hydroxylation is 2. The quantitative estimate of drug-likeness (QED) is 0.816. The first-order valence-electron chi connectivity index (χ1n) is 4.15. The molecule has 0 aliphatic heterocycles. The molecule has 0 aromatic heterocycles. The molecule has 0 fully saturated rings. The zero-order chi connectivity index (χ0) is 9.14. The fourth-order valence-corrected chi connectivity index (χ4v) is 2.13. The first kappa shape index (κ1) is 9.59. The Bertz CT molecular complexity index is 258. The smallest absolute Gasteiger partial charge is 0.0514 e. The largest absolute Gasteiger partial charge is 0.384 e. The minimum Gasteiger partial charge on any atom is -0.384 e. The van der Waals surface area contributed by atoms with Crippen LogP contribution in [0.1, 0.15) is 18.1 Å². The third kappa shape index (κ3) is 2.01. The van der Waals surface area contributed by atoms with Crippen molar-refractivity contribution in [3.05, 3.63) is 27.7 Å². The lowest BCUT2D eigenvalue weighted by molar-refractivity contribution is 1.19. The second-order valence-electron chi connectivity index (χ2n) is 2.97. The van der Waals surface area contributed by atoms with E-state index in [9.17, 15) is 0 Å². The van der Waals surface area contributed by atoms with Gasteiger partial charge in [-0.15, -0.1) is 0 Å². The number of rotatable bonds is 2. The van der Waals surface area contributed by atoms with E-state index in [1.54, 1.807) is 0 Å². The van der Waals surface area contributed by atoms with Crippen molar-refractivity contribution in [3.8, 4) is 0 Å². The molecule has 0 saturated heterocycles. The van der Waals surface area contributed by atoms with Crippen LogP contribution in [0.3, 0.4) is 0 Å². The molecule has 0 aliphatic rings. The van der Waals surface area contributed by atoms with E-state index in [0.29, 0.717) is 0 Å². The molecule has 2 heteroatoms. The molecule has 0 unspecified atom stereocenters. The van der Waals surface area contributed by atoms with E-state index in [4.69, 9.17) is 0 Å². The van der Waals surface area contributed by atoms with E-state index in [0.717, 1.165) is 11.0 Å². The van der Waals surface area contributed by atoms with Gasteiger partial charge >= 0.3 is 0 Å². The van der Waals surface area contributed by atoms with Gasteiger partial charge in [-0.1, -0.05) is 6.07 Å². The molecular weight excluding hydrogens is 214 g/mol. The number of halogens is 1. The summed E-state index contributed by atoms with van der Waals surface area (Å²) in [7, 11) is 0. The molecule has 1 aromatic carbocycles. The fraction of sp³-hybridized carbons (Fsp3) is 0.400. The molecule has 12 heavy (non-hydrogen) atoms. The Kier molecular flexibility index (Phi) is 3.15. The van der Waals surface area contributed by atoms with Gasteiger partial charge in [0.1, 0.15) is 0 Å². The summed E-state index contributed by atoms with van der Waals surface area (Å²) in [6, 6.07) is 4.31. The molecule has 1 rings (SSSR count). The van der Waals surface area contributed by atoms with Crippen LogP contribution < -0.4 is 5.32 Å². The first-order valence-corrected chi connectivity index (χ1v) is 4.95. The van der Waals surface area contributed by atoms with Crippen LogP contribution in [-0.4, -0.2) is 6.54 Å². The Morgan fingerprint density at radius 2 is 2.00 bits per heavy atom. The Morgan fingerprint density at radius 3 is 2.50 bits per heavy atom. The highest BCUT2D eigenvalue weighted by Crippen LogP contribution is 2.27. The second-order valence-corrected chi connectivity index (χ2v) is 3.82. The first-order chi connectivity index (χ1) is 5.65. The van der Waals surface area contributed by atoms with Gasteiger partial charge in [-0.2, -0.15) is 0 Å². The van der Waals surface area contributed by atoms with E-state index in [1.807, 2.05) is 0 Å². The van der Waals surface area contributed by atoms with Crippen LogP contribution in [0.25, 0.3) is 0 Å². The molecule has 1 N–H and O–H groups in total. The van der Waals surface area contributed by atoms with Crippen LogP contribution in [0, 0.1) is 13.8 Å². The predicted octanol–water partition coefficient (Wildman–Crippen LogP) is 3.50. The average molecular weight is 228 g/mol. The van der Waals surface area contributed by atoms with Gasteiger partial charge in [0, 0.05) is 11.0 Å². The molecule has 0 atom stereocenters. The van der Waals surface area contributed by atoms with E-state index in [1.165, 1.54) is 16.8 Å². The Balaban J connectivity index is 3.10. The van der Waals surface area contributed by atoms with E-state index >= 15 is 0 Å². The van der Waals surface area contributed by atoms with Crippen LogP contribution in [0.2, 0.25) is 0 Å². The molecule has 0 aliphatic carbocycles. The van der Waals surface area contributed by atoms with Crippen molar-refractivity contribution in [2.45, 2.75) is 20.8 Å². The highest BCUT2D eigenvalue weighted by atomic mass is 79.9. The summed E-state index contributed by atoms with van der Waals surface area (Å²) in [6.45, 7) is 7.29. The Labute approximate surface area is 82.3 Å². The number of hydrogen-bond donors (Lipinski definition) is 1. The van der Waals surface area contributed by atoms with Crippen molar-refractivity contribution in [2.24, 2.45) is 0 Å². The van der Waals surface area contributed by atoms with Crippen molar-refractivity contribution < 1.29 is 0 Å². The zero-order valence-electron chi connectivity index (χ0n) is 7.74. The summed E-state index contributed by atoms with van der Waals surface area (Å²) >= 11 is 3.54. The number of hydrogen-bond acceptors (Lipinski definition) is 1. The molecule has 0 radical (unpaired) electrons. The van der Waals surface area contributed by atoms with Crippen LogP contribution >= 0.6 is 15.9 Å². The molecule has 0 saturated carbocycles. The monoisotopic (exact) mass is 227 g/mol. The summed E-state index contributed by atoms with van der Waals surface area (Å²) in [5.74, 6) is 0. The fourth-order valence-electron chi connectivity index (χ4n) is 1.32. The minimum atomic E-state index is 0.961. The lowest BCUT2D eigenvalue weighted by atomic mass is 10.1. The van der Waals surface area contributed by atoms with E-state index in [2.05, 4.69) is 54.2 Å². The molecule has 0 bridgehead atoms. The van der Waals surface area contributed by atoms with Gasteiger partial charge in [-0.25, -0.2) is 0 Å². The summed E-state index contributed by atoms with van der Waals surface area (Å²) in [5.41, 5.74) is 3.80. The van der Waals surface area contributed by atoms with Crippen molar-refractivity contribution in [1.29, 1.82) is 0 Å². The van der Waals surface area contributed by atoms with E-state index < -0.39 is 0 Å².